The van der Waals surface area contributed by atoms with Gasteiger partial charge in [0.1, 0.15) is 11.9 Å². The van der Waals surface area contributed by atoms with E-state index in [1.165, 1.54) is 0 Å². The summed E-state index contributed by atoms with van der Waals surface area (Å²) in [5.74, 6) is 0.887. The molecule has 0 aliphatic carbocycles. The number of urea groups is 1. The fourth-order valence-electron chi connectivity index (χ4n) is 3.71. The minimum Gasteiger partial charge on any atom is -0.353 e. The zero-order chi connectivity index (χ0) is 18.1. The molecule has 4 rings (SSSR count). The summed E-state index contributed by atoms with van der Waals surface area (Å²) >= 11 is 0. The number of imidazole rings is 1. The Kier molecular flexibility index (Phi) is 4.50. The summed E-state index contributed by atoms with van der Waals surface area (Å²) in [5.41, 5.74) is 3.14. The molecule has 1 atom stereocenters. The minimum absolute atomic E-state index is 0.0198. The van der Waals surface area contributed by atoms with Crippen LogP contribution in [0, 0.1) is 6.92 Å². The van der Waals surface area contributed by atoms with E-state index >= 15 is 0 Å². The topological polar surface area (TPSA) is 93.4 Å². The lowest BCUT2D eigenvalue weighted by molar-refractivity contribution is -0.131. The molecule has 0 unspecified atom stereocenters. The minimum atomic E-state index is -0.221. The number of fused-ring (bicyclic) bond motifs is 2. The first-order chi connectivity index (χ1) is 12.6. The monoisotopic (exact) mass is 356 g/mol. The molecule has 1 aromatic heterocycles. The summed E-state index contributed by atoms with van der Waals surface area (Å²) < 4.78 is 0. The van der Waals surface area contributed by atoms with E-state index in [1.54, 1.807) is 4.90 Å². The van der Waals surface area contributed by atoms with Gasteiger partial charge in [-0.1, -0.05) is 12.1 Å². The second-order valence-corrected chi connectivity index (χ2v) is 6.93. The highest BCUT2D eigenvalue weighted by molar-refractivity contribution is 5.84. The highest BCUT2D eigenvalue weighted by Crippen LogP contribution is 2.16. The number of nitrogens with zero attached hydrogens (tertiary/aromatic N) is 3. The quantitative estimate of drug-likeness (QED) is 0.734. The fraction of sp³-hybridized carbons (Fsp3) is 0.500. The zero-order valence-electron chi connectivity index (χ0n) is 14.9. The van der Waals surface area contributed by atoms with Crippen LogP contribution in [0.15, 0.2) is 18.2 Å². The third-order valence-corrected chi connectivity index (χ3v) is 5.18. The van der Waals surface area contributed by atoms with Crippen molar-refractivity contribution in [3.63, 3.8) is 0 Å². The Hall–Kier alpha value is -2.61. The molecule has 138 valence electrons. The maximum Gasteiger partial charge on any atom is 0.317 e. The van der Waals surface area contributed by atoms with Crippen molar-refractivity contribution in [2.45, 2.75) is 19.4 Å². The standard InChI is InChI=1S/C18H24N6O2/c1-12-3-2-4-13-16(12)22-15(21-13)5-6-20-18(26)24-10-9-23-8-7-19-17(25)14(23)11-24/h2-4,14H,5-11H2,1H3,(H,19,25)(H,20,26)(H,21,22)/t14-/m1/s1. The van der Waals surface area contributed by atoms with Gasteiger partial charge in [0.05, 0.1) is 11.0 Å². The molecule has 3 N–H and O–H groups in total. The van der Waals surface area contributed by atoms with Crippen LogP contribution < -0.4 is 10.6 Å². The smallest absolute Gasteiger partial charge is 0.317 e. The molecule has 2 aliphatic rings. The first-order valence-corrected chi connectivity index (χ1v) is 9.10. The zero-order valence-corrected chi connectivity index (χ0v) is 14.9. The van der Waals surface area contributed by atoms with Gasteiger partial charge in [-0.3, -0.25) is 9.69 Å². The van der Waals surface area contributed by atoms with Crippen molar-refractivity contribution >= 4 is 23.0 Å². The Morgan fingerprint density at radius 3 is 3.08 bits per heavy atom. The van der Waals surface area contributed by atoms with Crippen molar-refractivity contribution in [3.8, 4) is 0 Å². The van der Waals surface area contributed by atoms with Gasteiger partial charge in [-0.25, -0.2) is 9.78 Å². The molecule has 2 aromatic rings. The first-order valence-electron chi connectivity index (χ1n) is 9.10. The second kappa shape index (κ2) is 6.95. The molecule has 0 radical (unpaired) electrons. The molecule has 0 bridgehead atoms. The number of para-hydroxylation sites is 1. The lowest BCUT2D eigenvalue weighted by atomic mass is 10.1. The van der Waals surface area contributed by atoms with E-state index in [2.05, 4.69) is 25.5 Å². The van der Waals surface area contributed by atoms with Crippen LogP contribution in [0.25, 0.3) is 11.0 Å². The SMILES string of the molecule is Cc1cccc2[nH]c(CCNC(=O)N3CCN4CCNC(=O)[C@H]4C3)nc12. The van der Waals surface area contributed by atoms with Gasteiger partial charge in [0.15, 0.2) is 0 Å². The number of benzene rings is 1. The van der Waals surface area contributed by atoms with Gasteiger partial charge in [0, 0.05) is 45.7 Å². The number of carbonyl (C=O) groups excluding carboxylic acids is 2. The fourth-order valence-corrected chi connectivity index (χ4v) is 3.71. The van der Waals surface area contributed by atoms with Crippen LogP contribution in [0.5, 0.6) is 0 Å². The number of nitrogens with one attached hydrogen (secondary N) is 3. The van der Waals surface area contributed by atoms with Crippen LogP contribution in [0.3, 0.4) is 0 Å². The van der Waals surface area contributed by atoms with E-state index in [0.717, 1.165) is 35.5 Å². The number of aromatic nitrogens is 2. The van der Waals surface area contributed by atoms with Crippen LogP contribution in [0.2, 0.25) is 0 Å². The van der Waals surface area contributed by atoms with Gasteiger partial charge < -0.3 is 20.5 Å². The van der Waals surface area contributed by atoms with E-state index in [-0.39, 0.29) is 18.0 Å². The lowest BCUT2D eigenvalue weighted by Gasteiger charge is -2.42. The average Bonchev–Trinajstić information content (AvgIpc) is 3.06. The molecule has 26 heavy (non-hydrogen) atoms. The summed E-state index contributed by atoms with van der Waals surface area (Å²) in [5, 5.41) is 5.82. The molecule has 8 heteroatoms. The number of carbonyl (C=O) groups is 2. The highest BCUT2D eigenvalue weighted by atomic mass is 16.2. The van der Waals surface area contributed by atoms with Crippen LogP contribution in [-0.4, -0.2) is 77.0 Å². The Bertz CT molecular complexity index is 832. The maximum absolute atomic E-state index is 12.4. The molecule has 2 saturated heterocycles. The molecule has 3 amide bonds. The van der Waals surface area contributed by atoms with Crippen molar-refractivity contribution in [3.05, 3.63) is 29.6 Å². The number of amides is 3. The number of aromatic amines is 1. The average molecular weight is 356 g/mol. The number of H-pyrrole nitrogens is 1. The molecular formula is C18H24N6O2. The van der Waals surface area contributed by atoms with E-state index in [1.807, 2.05) is 25.1 Å². The van der Waals surface area contributed by atoms with Crippen molar-refractivity contribution in [1.29, 1.82) is 0 Å². The van der Waals surface area contributed by atoms with Crippen LogP contribution in [-0.2, 0) is 11.2 Å². The summed E-state index contributed by atoms with van der Waals surface area (Å²) in [6, 6.07) is 5.71. The number of hydrogen-bond donors (Lipinski definition) is 3. The van der Waals surface area contributed by atoms with Gasteiger partial charge in [0.2, 0.25) is 5.91 Å². The first kappa shape index (κ1) is 16.8. The van der Waals surface area contributed by atoms with Gasteiger partial charge >= 0.3 is 6.03 Å². The van der Waals surface area contributed by atoms with Gasteiger partial charge in [-0.05, 0) is 18.6 Å². The van der Waals surface area contributed by atoms with Crippen molar-refractivity contribution in [2.75, 3.05) is 39.3 Å². The molecule has 2 aliphatic heterocycles. The molecule has 1 aromatic carbocycles. The predicted molar refractivity (Wildman–Crippen MR) is 97.9 cm³/mol. The summed E-state index contributed by atoms with van der Waals surface area (Å²) in [7, 11) is 0. The van der Waals surface area contributed by atoms with Crippen LogP contribution in [0.1, 0.15) is 11.4 Å². The number of piperazine rings is 2. The van der Waals surface area contributed by atoms with Gasteiger partial charge in [0.25, 0.3) is 0 Å². The number of hydrogen-bond acceptors (Lipinski definition) is 4. The molecule has 0 saturated carbocycles. The van der Waals surface area contributed by atoms with Crippen molar-refractivity contribution in [1.82, 2.24) is 30.4 Å². The Morgan fingerprint density at radius 2 is 2.23 bits per heavy atom. The Labute approximate surface area is 151 Å². The molecular weight excluding hydrogens is 332 g/mol. The second-order valence-electron chi connectivity index (χ2n) is 6.93. The van der Waals surface area contributed by atoms with E-state index in [9.17, 15) is 9.59 Å². The third kappa shape index (κ3) is 3.24. The van der Waals surface area contributed by atoms with Crippen LogP contribution >= 0.6 is 0 Å². The summed E-state index contributed by atoms with van der Waals surface area (Å²) in [4.78, 5) is 36.2. The number of rotatable bonds is 3. The van der Waals surface area contributed by atoms with Crippen molar-refractivity contribution in [2.24, 2.45) is 0 Å². The third-order valence-electron chi connectivity index (χ3n) is 5.18. The van der Waals surface area contributed by atoms with E-state index < -0.39 is 0 Å². The van der Waals surface area contributed by atoms with Gasteiger partial charge in [-0.2, -0.15) is 0 Å². The highest BCUT2D eigenvalue weighted by Gasteiger charge is 2.36. The normalized spacial score (nSPS) is 20.7. The summed E-state index contributed by atoms with van der Waals surface area (Å²) in [6.45, 7) is 5.94. The molecule has 0 spiro atoms. The van der Waals surface area contributed by atoms with Crippen LogP contribution in [0.4, 0.5) is 4.79 Å². The summed E-state index contributed by atoms with van der Waals surface area (Å²) in [6.07, 6.45) is 0.643. The molecule has 8 nitrogen and oxygen atoms in total. The van der Waals surface area contributed by atoms with E-state index in [4.69, 9.17) is 0 Å². The maximum atomic E-state index is 12.4. The van der Waals surface area contributed by atoms with Gasteiger partial charge in [-0.15, -0.1) is 0 Å². The van der Waals surface area contributed by atoms with Crippen molar-refractivity contribution < 1.29 is 9.59 Å². The Morgan fingerprint density at radius 1 is 1.35 bits per heavy atom. The molecule has 2 fully saturated rings. The molecule has 3 heterocycles. The number of aryl methyl sites for hydroxylation is 1. The van der Waals surface area contributed by atoms with E-state index in [0.29, 0.717) is 32.6 Å². The predicted octanol–water partition coefficient (Wildman–Crippen LogP) is 0.239. The Balaban J connectivity index is 1.31. The largest absolute Gasteiger partial charge is 0.353 e. The lowest BCUT2D eigenvalue weighted by Crippen LogP contribution is -2.65.